The van der Waals surface area contributed by atoms with Gasteiger partial charge in [-0.1, -0.05) is 0 Å². The fourth-order valence-corrected chi connectivity index (χ4v) is 1.68. The predicted molar refractivity (Wildman–Crippen MR) is 58.7 cm³/mol. The van der Waals surface area contributed by atoms with E-state index in [1.807, 2.05) is 19.0 Å². The van der Waals surface area contributed by atoms with Crippen molar-refractivity contribution in [2.45, 2.75) is 18.6 Å². The van der Waals surface area contributed by atoms with Gasteiger partial charge in [0.1, 0.15) is 0 Å². The van der Waals surface area contributed by atoms with E-state index in [2.05, 4.69) is 5.32 Å². The Morgan fingerprint density at radius 2 is 2.19 bits per heavy atom. The van der Waals surface area contributed by atoms with Crippen LogP contribution in [0.2, 0.25) is 0 Å². The average molecular weight is 229 g/mol. The number of aliphatic hydroxyl groups is 1. The molecule has 0 radical (unpaired) electrons. The lowest BCUT2D eigenvalue weighted by molar-refractivity contribution is -0.137. The number of nitrogens with one attached hydrogen (secondary N) is 1. The average Bonchev–Trinajstić information content (AvgIpc) is 2.42. The summed E-state index contributed by atoms with van der Waals surface area (Å²) in [4.78, 5) is 25.7. The molecule has 1 fully saturated rings. The summed E-state index contributed by atoms with van der Waals surface area (Å²) in [6.45, 7) is 0.841. The highest BCUT2D eigenvalue weighted by Crippen LogP contribution is 2.10. The van der Waals surface area contributed by atoms with E-state index in [4.69, 9.17) is 0 Å². The van der Waals surface area contributed by atoms with Crippen molar-refractivity contribution in [3.8, 4) is 0 Å². The summed E-state index contributed by atoms with van der Waals surface area (Å²) in [5.41, 5.74) is 0. The van der Waals surface area contributed by atoms with E-state index in [0.29, 0.717) is 13.1 Å². The highest BCUT2D eigenvalue weighted by molar-refractivity contribution is 6.05. The molecule has 92 valence electrons. The van der Waals surface area contributed by atoms with E-state index >= 15 is 0 Å². The van der Waals surface area contributed by atoms with Gasteiger partial charge < -0.3 is 15.3 Å². The molecule has 1 aliphatic heterocycles. The number of hydrogen-bond donors (Lipinski definition) is 2. The third-order valence-corrected chi connectivity index (χ3v) is 2.56. The molecule has 1 saturated heterocycles. The monoisotopic (exact) mass is 229 g/mol. The molecular weight excluding hydrogens is 210 g/mol. The molecule has 0 spiro atoms. The molecule has 1 heterocycles. The van der Waals surface area contributed by atoms with Crippen molar-refractivity contribution >= 4 is 11.8 Å². The molecule has 2 amide bonds. The van der Waals surface area contributed by atoms with Crippen LogP contribution in [0.4, 0.5) is 0 Å². The lowest BCUT2D eigenvalue weighted by Crippen LogP contribution is -2.43. The third-order valence-electron chi connectivity index (χ3n) is 2.56. The van der Waals surface area contributed by atoms with Crippen LogP contribution in [-0.2, 0) is 9.59 Å². The summed E-state index contributed by atoms with van der Waals surface area (Å²) >= 11 is 0. The number of hydrogen-bond acceptors (Lipinski definition) is 5. The van der Waals surface area contributed by atoms with Crippen LogP contribution in [-0.4, -0.2) is 73.1 Å². The van der Waals surface area contributed by atoms with Gasteiger partial charge in [0.05, 0.1) is 18.6 Å². The first-order valence-electron chi connectivity index (χ1n) is 5.28. The molecule has 0 aromatic carbocycles. The van der Waals surface area contributed by atoms with E-state index < -0.39 is 12.1 Å². The number of aliphatic hydroxyl groups excluding tert-OH is 1. The number of carbonyl (C=O) groups excluding carboxylic acids is 2. The van der Waals surface area contributed by atoms with Gasteiger partial charge >= 0.3 is 0 Å². The molecule has 2 N–H and O–H groups in total. The van der Waals surface area contributed by atoms with Gasteiger partial charge in [0, 0.05) is 20.1 Å². The Hall–Kier alpha value is -0.980. The molecule has 0 aromatic rings. The maximum Gasteiger partial charge on any atom is 0.246 e. The second kappa shape index (κ2) is 5.38. The van der Waals surface area contributed by atoms with Crippen molar-refractivity contribution in [3.63, 3.8) is 0 Å². The van der Waals surface area contributed by atoms with E-state index in [1.54, 1.807) is 0 Å². The largest absolute Gasteiger partial charge is 0.390 e. The zero-order valence-electron chi connectivity index (χ0n) is 9.93. The molecular formula is C10H19N3O3. The van der Waals surface area contributed by atoms with Crippen LogP contribution in [0.15, 0.2) is 0 Å². The summed E-state index contributed by atoms with van der Waals surface area (Å²) in [6.07, 6.45) is -0.354. The quantitative estimate of drug-likeness (QED) is 0.547. The number of rotatable bonds is 5. The van der Waals surface area contributed by atoms with Crippen LogP contribution in [0.1, 0.15) is 6.42 Å². The number of imide groups is 1. The van der Waals surface area contributed by atoms with Gasteiger partial charge in [0.15, 0.2) is 0 Å². The molecule has 2 atom stereocenters. The van der Waals surface area contributed by atoms with Crippen molar-refractivity contribution in [2.24, 2.45) is 0 Å². The van der Waals surface area contributed by atoms with Crippen molar-refractivity contribution in [1.82, 2.24) is 15.1 Å². The first-order chi connectivity index (χ1) is 7.41. The van der Waals surface area contributed by atoms with Crippen molar-refractivity contribution in [2.75, 3.05) is 34.2 Å². The van der Waals surface area contributed by atoms with Crippen LogP contribution < -0.4 is 5.32 Å². The van der Waals surface area contributed by atoms with E-state index in [9.17, 15) is 14.7 Å². The van der Waals surface area contributed by atoms with Crippen LogP contribution in [0.5, 0.6) is 0 Å². The first kappa shape index (κ1) is 13.1. The molecule has 6 nitrogen and oxygen atoms in total. The fourth-order valence-electron chi connectivity index (χ4n) is 1.68. The summed E-state index contributed by atoms with van der Waals surface area (Å²) in [5, 5.41) is 12.5. The summed E-state index contributed by atoms with van der Waals surface area (Å²) in [5.74, 6) is -0.397. The smallest absolute Gasteiger partial charge is 0.246 e. The van der Waals surface area contributed by atoms with E-state index in [-0.39, 0.29) is 18.2 Å². The van der Waals surface area contributed by atoms with E-state index in [1.165, 1.54) is 7.05 Å². The van der Waals surface area contributed by atoms with Gasteiger partial charge in [-0.2, -0.15) is 0 Å². The van der Waals surface area contributed by atoms with Crippen LogP contribution in [0.3, 0.4) is 0 Å². The molecule has 1 rings (SSSR count). The van der Waals surface area contributed by atoms with Gasteiger partial charge in [-0.25, -0.2) is 0 Å². The van der Waals surface area contributed by atoms with Crippen molar-refractivity contribution < 1.29 is 14.7 Å². The van der Waals surface area contributed by atoms with Gasteiger partial charge in [-0.3, -0.25) is 14.5 Å². The molecule has 1 aliphatic rings. The van der Waals surface area contributed by atoms with Gasteiger partial charge in [0.2, 0.25) is 11.8 Å². The Kier molecular flexibility index (Phi) is 4.40. The highest BCUT2D eigenvalue weighted by Gasteiger charge is 2.35. The third kappa shape index (κ3) is 3.26. The molecule has 16 heavy (non-hydrogen) atoms. The SMILES string of the molecule is CN(C)CC(O)CNC1CC(=O)N(C)C1=O. The number of carbonyl (C=O) groups is 2. The summed E-state index contributed by atoms with van der Waals surface area (Å²) < 4.78 is 0. The second-order valence-corrected chi connectivity index (χ2v) is 4.37. The summed E-state index contributed by atoms with van der Waals surface area (Å²) in [7, 11) is 5.20. The standard InChI is InChI=1S/C10H19N3O3/c1-12(2)6-7(14)5-11-8-4-9(15)13(3)10(8)16/h7-8,11,14H,4-6H2,1-3H3. The molecule has 6 heteroatoms. The number of amides is 2. The van der Waals surface area contributed by atoms with Crippen molar-refractivity contribution in [1.29, 1.82) is 0 Å². The minimum Gasteiger partial charge on any atom is -0.390 e. The van der Waals surface area contributed by atoms with Crippen LogP contribution in [0, 0.1) is 0 Å². The lowest BCUT2D eigenvalue weighted by atomic mass is 10.2. The van der Waals surface area contributed by atoms with Gasteiger partial charge in [0.25, 0.3) is 0 Å². The Morgan fingerprint density at radius 1 is 1.56 bits per heavy atom. The fraction of sp³-hybridized carbons (Fsp3) is 0.800. The minimum absolute atomic E-state index is 0.176. The normalized spacial score (nSPS) is 23.3. The predicted octanol–water partition coefficient (Wildman–Crippen LogP) is -1.74. The van der Waals surface area contributed by atoms with Crippen molar-refractivity contribution in [3.05, 3.63) is 0 Å². The maximum absolute atomic E-state index is 11.5. The second-order valence-electron chi connectivity index (χ2n) is 4.37. The number of likely N-dealkylation sites (N-methyl/N-ethyl adjacent to an activating group) is 2. The minimum atomic E-state index is -0.538. The molecule has 0 aromatic heterocycles. The number of nitrogens with zero attached hydrogens (tertiary/aromatic N) is 2. The van der Waals surface area contributed by atoms with Crippen LogP contribution in [0.25, 0.3) is 0 Å². The van der Waals surface area contributed by atoms with E-state index in [0.717, 1.165) is 4.90 Å². The van der Waals surface area contributed by atoms with Gasteiger partial charge in [-0.05, 0) is 14.1 Å². The Labute approximate surface area is 95.2 Å². The number of likely N-dealkylation sites (tertiary alicyclic amines) is 1. The van der Waals surface area contributed by atoms with Gasteiger partial charge in [-0.15, -0.1) is 0 Å². The zero-order valence-corrected chi connectivity index (χ0v) is 9.93. The zero-order chi connectivity index (χ0) is 12.3. The lowest BCUT2D eigenvalue weighted by Gasteiger charge is -2.18. The van der Waals surface area contributed by atoms with Crippen LogP contribution >= 0.6 is 0 Å². The summed E-state index contributed by atoms with van der Waals surface area (Å²) in [6, 6.07) is -0.477. The Bertz CT molecular complexity index is 280. The Balaban J connectivity index is 2.34. The molecule has 2 unspecified atom stereocenters. The topological polar surface area (TPSA) is 72.9 Å². The molecule has 0 saturated carbocycles. The molecule has 0 aliphatic carbocycles. The molecule has 0 bridgehead atoms. The highest BCUT2D eigenvalue weighted by atomic mass is 16.3. The first-order valence-corrected chi connectivity index (χ1v) is 5.28. The maximum atomic E-state index is 11.5. The Morgan fingerprint density at radius 3 is 2.62 bits per heavy atom.